The van der Waals surface area contributed by atoms with E-state index in [1.54, 1.807) is 12.1 Å². The predicted molar refractivity (Wildman–Crippen MR) is 121 cm³/mol. The molecule has 0 aliphatic heterocycles. The van der Waals surface area contributed by atoms with Crippen molar-refractivity contribution in [3.05, 3.63) is 68.5 Å². The summed E-state index contributed by atoms with van der Waals surface area (Å²) in [6, 6.07) is 10.6. The number of hydrogen-bond acceptors (Lipinski definition) is 7. The molecule has 0 unspecified atom stereocenters. The van der Waals surface area contributed by atoms with Crippen LogP contribution in [0.15, 0.2) is 51.7 Å². The first kappa shape index (κ1) is 21.8. The van der Waals surface area contributed by atoms with Gasteiger partial charge < -0.3 is 23.4 Å². The van der Waals surface area contributed by atoms with Crippen LogP contribution in [0.25, 0.3) is 21.7 Å². The Morgan fingerprint density at radius 2 is 1.59 bits per heavy atom. The molecule has 0 N–H and O–H groups in total. The van der Waals surface area contributed by atoms with Crippen LogP contribution in [0.4, 0.5) is 0 Å². The third-order valence-electron chi connectivity index (χ3n) is 4.84. The van der Waals surface area contributed by atoms with Gasteiger partial charge in [0.1, 0.15) is 11.3 Å². The van der Waals surface area contributed by atoms with Crippen LogP contribution in [0.2, 0.25) is 10.0 Å². The summed E-state index contributed by atoms with van der Waals surface area (Å²) in [7, 11) is 4.39. The highest BCUT2D eigenvalue weighted by atomic mass is 35.5. The second kappa shape index (κ2) is 8.61. The highest BCUT2D eigenvalue weighted by Gasteiger charge is 2.21. The fraction of sp³-hybridized carbons (Fsp3) is 0.130. The van der Waals surface area contributed by atoms with E-state index in [4.69, 9.17) is 46.6 Å². The molecule has 0 aliphatic carbocycles. The maximum Gasteiger partial charge on any atom is 0.344 e. The average Bonchev–Trinajstić information content (AvgIpc) is 2.79. The number of fused-ring (bicyclic) bond motifs is 3. The Morgan fingerprint density at radius 3 is 2.25 bits per heavy atom. The first-order valence-electron chi connectivity index (χ1n) is 9.24. The molecule has 0 atom stereocenters. The van der Waals surface area contributed by atoms with Gasteiger partial charge in [-0.05, 0) is 36.4 Å². The monoisotopic (exact) mass is 474 g/mol. The van der Waals surface area contributed by atoms with E-state index in [2.05, 4.69) is 0 Å². The highest BCUT2D eigenvalue weighted by Crippen LogP contribution is 2.45. The van der Waals surface area contributed by atoms with Gasteiger partial charge in [-0.1, -0.05) is 23.2 Å². The molecule has 164 valence electrons. The van der Waals surface area contributed by atoms with Crippen molar-refractivity contribution < 1.29 is 28.2 Å². The summed E-state index contributed by atoms with van der Waals surface area (Å²) in [4.78, 5) is 25.2. The smallest absolute Gasteiger partial charge is 0.344 e. The van der Waals surface area contributed by atoms with Crippen molar-refractivity contribution in [3.8, 4) is 23.0 Å². The molecule has 32 heavy (non-hydrogen) atoms. The van der Waals surface area contributed by atoms with Crippen LogP contribution in [0.5, 0.6) is 23.0 Å². The number of hydrogen-bond donors (Lipinski definition) is 0. The van der Waals surface area contributed by atoms with Crippen LogP contribution in [0.3, 0.4) is 0 Å². The lowest BCUT2D eigenvalue weighted by molar-refractivity contribution is 0.0735. The third kappa shape index (κ3) is 3.70. The minimum atomic E-state index is -0.643. The summed E-state index contributed by atoms with van der Waals surface area (Å²) in [6.45, 7) is 0. The first-order chi connectivity index (χ1) is 15.4. The van der Waals surface area contributed by atoms with E-state index < -0.39 is 11.6 Å². The van der Waals surface area contributed by atoms with Crippen molar-refractivity contribution in [2.45, 2.75) is 0 Å². The number of methoxy groups -OCH3 is 3. The van der Waals surface area contributed by atoms with Crippen molar-refractivity contribution in [2.24, 2.45) is 0 Å². The third-order valence-corrected chi connectivity index (χ3v) is 5.58. The summed E-state index contributed by atoms with van der Waals surface area (Å²) in [6.07, 6.45) is 0. The van der Waals surface area contributed by atoms with Crippen molar-refractivity contribution in [3.63, 3.8) is 0 Å². The molecule has 0 spiro atoms. The van der Waals surface area contributed by atoms with E-state index in [0.29, 0.717) is 33.0 Å². The van der Waals surface area contributed by atoms with Crippen LogP contribution in [-0.4, -0.2) is 27.3 Å². The Hall–Kier alpha value is -3.42. The van der Waals surface area contributed by atoms with E-state index in [-0.39, 0.29) is 27.3 Å². The fourth-order valence-corrected chi connectivity index (χ4v) is 3.68. The van der Waals surface area contributed by atoms with Crippen LogP contribution in [0, 0.1) is 0 Å². The normalized spacial score (nSPS) is 10.9. The average molecular weight is 475 g/mol. The number of carbonyl (C=O) groups is 1. The molecule has 0 amide bonds. The zero-order valence-electron chi connectivity index (χ0n) is 17.2. The van der Waals surface area contributed by atoms with Gasteiger partial charge in [0, 0.05) is 16.8 Å². The molecule has 0 saturated heterocycles. The van der Waals surface area contributed by atoms with Gasteiger partial charge in [-0.25, -0.2) is 9.59 Å². The van der Waals surface area contributed by atoms with E-state index in [1.807, 2.05) is 0 Å². The van der Waals surface area contributed by atoms with E-state index in [1.165, 1.54) is 51.7 Å². The lowest BCUT2D eigenvalue weighted by atomic mass is 10.0. The number of esters is 1. The number of rotatable bonds is 5. The van der Waals surface area contributed by atoms with Crippen molar-refractivity contribution in [1.82, 2.24) is 0 Å². The maximum absolute atomic E-state index is 12.7. The van der Waals surface area contributed by atoms with Crippen molar-refractivity contribution >= 4 is 50.9 Å². The molecule has 1 aromatic heterocycles. The second-order valence-electron chi connectivity index (χ2n) is 6.63. The van der Waals surface area contributed by atoms with Gasteiger partial charge in [0.05, 0.1) is 42.3 Å². The van der Waals surface area contributed by atoms with Crippen molar-refractivity contribution in [1.29, 1.82) is 0 Å². The molecule has 0 saturated carbocycles. The highest BCUT2D eigenvalue weighted by molar-refractivity contribution is 6.42. The van der Waals surface area contributed by atoms with Gasteiger partial charge in [0.15, 0.2) is 11.5 Å². The summed E-state index contributed by atoms with van der Waals surface area (Å²) in [5.41, 5.74) is -0.190. The molecule has 1 heterocycles. The van der Waals surface area contributed by atoms with E-state index in [9.17, 15) is 9.59 Å². The lowest BCUT2D eigenvalue weighted by Crippen LogP contribution is -2.08. The van der Waals surface area contributed by atoms with Gasteiger partial charge in [-0.15, -0.1) is 0 Å². The van der Waals surface area contributed by atoms with Gasteiger partial charge in [0.25, 0.3) is 0 Å². The largest absolute Gasteiger partial charge is 0.493 e. The van der Waals surface area contributed by atoms with E-state index >= 15 is 0 Å². The lowest BCUT2D eigenvalue weighted by Gasteiger charge is -2.15. The van der Waals surface area contributed by atoms with Gasteiger partial charge >= 0.3 is 11.6 Å². The summed E-state index contributed by atoms with van der Waals surface area (Å²) in [5.74, 6) is 0.519. The minimum Gasteiger partial charge on any atom is -0.493 e. The van der Waals surface area contributed by atoms with Crippen LogP contribution in [0.1, 0.15) is 10.4 Å². The predicted octanol–water partition coefficient (Wildman–Crippen LogP) is 5.50. The molecule has 7 nitrogen and oxygen atoms in total. The summed E-state index contributed by atoms with van der Waals surface area (Å²) < 4.78 is 27.2. The first-order valence-corrected chi connectivity index (χ1v) is 10.00. The standard InChI is InChI=1S/C23H16Cl2O7/c1-28-18-10-14-19(21(30-3)20(18)29-2)13-6-5-12(9-17(13)32-23(14)27)31-22(26)11-4-7-15(24)16(25)8-11/h4-10H,1-3H3. The molecule has 4 aromatic rings. The second-order valence-corrected chi connectivity index (χ2v) is 7.45. The van der Waals surface area contributed by atoms with Crippen LogP contribution >= 0.6 is 23.2 Å². The summed E-state index contributed by atoms with van der Waals surface area (Å²) in [5, 5.41) is 1.86. The molecule has 0 bridgehead atoms. The summed E-state index contributed by atoms with van der Waals surface area (Å²) >= 11 is 11.9. The van der Waals surface area contributed by atoms with Gasteiger partial charge in [-0.3, -0.25) is 0 Å². The molecule has 9 heteroatoms. The number of carbonyl (C=O) groups excluding carboxylic acids is 1. The Balaban J connectivity index is 1.84. The molecule has 0 aliphatic rings. The Bertz CT molecular complexity index is 1430. The van der Waals surface area contributed by atoms with Crippen LogP contribution in [-0.2, 0) is 0 Å². The molecule has 0 radical (unpaired) electrons. The number of ether oxygens (including phenoxy) is 4. The Kier molecular flexibility index (Phi) is 5.86. The fourth-order valence-electron chi connectivity index (χ4n) is 3.39. The Morgan fingerprint density at radius 1 is 0.844 bits per heavy atom. The maximum atomic E-state index is 12.7. The van der Waals surface area contributed by atoms with Gasteiger partial charge in [-0.2, -0.15) is 0 Å². The molecule has 3 aromatic carbocycles. The molecule has 4 rings (SSSR count). The van der Waals surface area contributed by atoms with E-state index in [0.717, 1.165) is 0 Å². The minimum absolute atomic E-state index is 0.176. The quantitative estimate of drug-likeness (QED) is 0.163. The zero-order valence-corrected chi connectivity index (χ0v) is 18.7. The SMILES string of the molecule is COc1cc2c(=O)oc3cc(OC(=O)c4ccc(Cl)c(Cl)c4)ccc3c2c(OC)c1OC. The molecule has 0 fully saturated rings. The molecular weight excluding hydrogens is 459 g/mol. The molecular formula is C23H16Cl2O7. The van der Waals surface area contributed by atoms with Gasteiger partial charge in [0.2, 0.25) is 5.75 Å². The van der Waals surface area contributed by atoms with Crippen molar-refractivity contribution in [2.75, 3.05) is 21.3 Å². The Labute approximate surface area is 192 Å². The van der Waals surface area contributed by atoms with Crippen LogP contribution < -0.4 is 24.6 Å². The zero-order chi connectivity index (χ0) is 23.0. The topological polar surface area (TPSA) is 84.2 Å². The number of benzene rings is 3. The number of halogens is 2.